The van der Waals surface area contributed by atoms with E-state index in [0.29, 0.717) is 5.56 Å². The zero-order valence-corrected chi connectivity index (χ0v) is 13.8. The summed E-state index contributed by atoms with van der Waals surface area (Å²) in [6, 6.07) is 3.48. The van der Waals surface area contributed by atoms with Gasteiger partial charge >= 0.3 is 0 Å². The van der Waals surface area contributed by atoms with E-state index >= 15 is 0 Å². The summed E-state index contributed by atoms with van der Waals surface area (Å²) in [6.07, 6.45) is 2.66. The fourth-order valence-corrected chi connectivity index (χ4v) is 3.16. The van der Waals surface area contributed by atoms with Crippen LogP contribution in [0.15, 0.2) is 18.2 Å². The van der Waals surface area contributed by atoms with Crippen LogP contribution in [-0.4, -0.2) is 31.1 Å². The Bertz CT molecular complexity index is 442. The highest BCUT2D eigenvalue weighted by Gasteiger charge is 2.39. The fraction of sp³-hybridized carbons (Fsp3) is 0.647. The zero-order chi connectivity index (χ0) is 16.0. The van der Waals surface area contributed by atoms with Crippen LogP contribution in [0.4, 0.5) is 8.78 Å². The Kier molecular flexibility index (Phi) is 6.75. The van der Waals surface area contributed by atoms with Gasteiger partial charge in [0.2, 0.25) is 0 Å². The van der Waals surface area contributed by atoms with Crippen molar-refractivity contribution in [2.75, 3.05) is 20.6 Å². The average Bonchev–Trinajstić information content (AvgIpc) is 2.46. The molecule has 0 bridgehead atoms. The molecule has 1 aromatic carbocycles. The third-order valence-electron chi connectivity index (χ3n) is 4.52. The zero-order valence-electron chi connectivity index (χ0n) is 13.8. The van der Waals surface area contributed by atoms with Gasteiger partial charge in [0.25, 0.3) is 0 Å². The lowest BCUT2D eigenvalue weighted by Crippen LogP contribution is -2.53. The van der Waals surface area contributed by atoms with Gasteiger partial charge in [-0.25, -0.2) is 8.78 Å². The molecule has 0 aliphatic carbocycles. The molecule has 0 amide bonds. The summed E-state index contributed by atoms with van der Waals surface area (Å²) in [7, 11) is 4.01. The van der Waals surface area contributed by atoms with Crippen LogP contribution < -0.4 is 5.32 Å². The van der Waals surface area contributed by atoms with Crippen molar-refractivity contribution in [1.82, 2.24) is 10.2 Å². The molecule has 0 saturated carbocycles. The first-order valence-electron chi connectivity index (χ1n) is 7.78. The van der Waals surface area contributed by atoms with Gasteiger partial charge in [-0.2, -0.15) is 0 Å². The number of nitrogens with zero attached hydrogens (tertiary/aromatic N) is 1. The van der Waals surface area contributed by atoms with Crippen LogP contribution in [0.25, 0.3) is 0 Å². The molecule has 0 aliphatic rings. The number of halogens is 2. The van der Waals surface area contributed by atoms with Crippen LogP contribution in [0.1, 0.15) is 51.6 Å². The number of benzene rings is 1. The number of rotatable bonds is 8. The minimum atomic E-state index is -0.394. The van der Waals surface area contributed by atoms with E-state index in [1.54, 1.807) is 0 Å². The Labute approximate surface area is 127 Å². The maximum atomic E-state index is 14.3. The van der Waals surface area contributed by atoms with Crippen molar-refractivity contribution in [1.29, 1.82) is 0 Å². The lowest BCUT2D eigenvalue weighted by molar-refractivity contribution is 0.0863. The van der Waals surface area contributed by atoms with E-state index in [4.69, 9.17) is 0 Å². The topological polar surface area (TPSA) is 15.3 Å². The normalized spacial score (nSPS) is 13.7. The van der Waals surface area contributed by atoms with Gasteiger partial charge in [-0.3, -0.25) is 0 Å². The Morgan fingerprint density at radius 1 is 1.14 bits per heavy atom. The molecule has 0 radical (unpaired) electrons. The molecule has 1 rings (SSSR count). The smallest absolute Gasteiger partial charge is 0.128 e. The third kappa shape index (κ3) is 3.80. The van der Waals surface area contributed by atoms with Gasteiger partial charge in [0.15, 0.2) is 0 Å². The van der Waals surface area contributed by atoms with E-state index in [1.165, 1.54) is 18.2 Å². The Morgan fingerprint density at radius 2 is 1.76 bits per heavy atom. The molecule has 1 atom stereocenters. The summed E-state index contributed by atoms with van der Waals surface area (Å²) in [5, 5.41) is 3.43. The molecular weight excluding hydrogens is 270 g/mol. The molecule has 2 nitrogen and oxygen atoms in total. The highest BCUT2D eigenvalue weighted by molar-refractivity contribution is 5.26. The van der Waals surface area contributed by atoms with Crippen molar-refractivity contribution in [3.05, 3.63) is 35.4 Å². The highest BCUT2D eigenvalue weighted by atomic mass is 19.1. The standard InChI is InChI=1S/C17H28F2N2/c1-6-11-20-16(17(7-2,8-3)21(4)5)14-12-13(18)9-10-15(14)19/h9-10,12,16,20H,6-8,11H2,1-5H3. The molecule has 120 valence electrons. The van der Waals surface area contributed by atoms with E-state index in [-0.39, 0.29) is 17.4 Å². The first kappa shape index (κ1) is 18.1. The first-order chi connectivity index (χ1) is 9.92. The molecule has 4 heteroatoms. The molecule has 0 spiro atoms. The van der Waals surface area contributed by atoms with Gasteiger partial charge in [-0.1, -0.05) is 20.8 Å². The Balaban J connectivity index is 3.35. The van der Waals surface area contributed by atoms with Crippen LogP contribution in [-0.2, 0) is 0 Å². The molecule has 0 saturated heterocycles. The van der Waals surface area contributed by atoms with Crippen molar-refractivity contribution in [3.63, 3.8) is 0 Å². The van der Waals surface area contributed by atoms with Crippen molar-refractivity contribution in [2.24, 2.45) is 0 Å². The van der Waals surface area contributed by atoms with Crippen molar-refractivity contribution < 1.29 is 8.78 Å². The minimum Gasteiger partial charge on any atom is -0.308 e. The maximum Gasteiger partial charge on any atom is 0.128 e. The van der Waals surface area contributed by atoms with Crippen LogP contribution in [0.5, 0.6) is 0 Å². The van der Waals surface area contributed by atoms with E-state index in [9.17, 15) is 8.78 Å². The van der Waals surface area contributed by atoms with Gasteiger partial charge in [0.1, 0.15) is 11.6 Å². The van der Waals surface area contributed by atoms with Gasteiger partial charge in [-0.05, 0) is 58.1 Å². The minimum absolute atomic E-state index is 0.238. The van der Waals surface area contributed by atoms with Gasteiger partial charge < -0.3 is 10.2 Å². The van der Waals surface area contributed by atoms with E-state index in [0.717, 1.165) is 25.8 Å². The number of hydrogen-bond acceptors (Lipinski definition) is 2. The van der Waals surface area contributed by atoms with E-state index in [2.05, 4.69) is 31.0 Å². The summed E-state index contributed by atoms with van der Waals surface area (Å²) >= 11 is 0. The SMILES string of the molecule is CCCNC(c1cc(F)ccc1F)C(CC)(CC)N(C)C. The predicted molar refractivity (Wildman–Crippen MR) is 84.4 cm³/mol. The Morgan fingerprint density at radius 3 is 2.24 bits per heavy atom. The van der Waals surface area contributed by atoms with Crippen molar-refractivity contribution in [2.45, 2.75) is 51.6 Å². The lowest BCUT2D eigenvalue weighted by Gasteiger charge is -2.46. The monoisotopic (exact) mass is 298 g/mol. The quantitative estimate of drug-likeness (QED) is 0.776. The summed E-state index contributed by atoms with van der Waals surface area (Å²) in [4.78, 5) is 2.13. The van der Waals surface area contributed by atoms with E-state index < -0.39 is 5.82 Å². The van der Waals surface area contributed by atoms with Crippen LogP contribution in [0.2, 0.25) is 0 Å². The van der Waals surface area contributed by atoms with Crippen LogP contribution in [0.3, 0.4) is 0 Å². The van der Waals surface area contributed by atoms with Gasteiger partial charge in [0.05, 0.1) is 6.04 Å². The summed E-state index contributed by atoms with van der Waals surface area (Å²) in [5.41, 5.74) is 0.171. The first-order valence-corrected chi connectivity index (χ1v) is 7.78. The number of likely N-dealkylation sites (N-methyl/N-ethyl adjacent to an activating group) is 1. The Hall–Kier alpha value is -1.00. The fourth-order valence-electron chi connectivity index (χ4n) is 3.16. The highest BCUT2D eigenvalue weighted by Crippen LogP contribution is 2.37. The molecule has 0 aliphatic heterocycles. The summed E-state index contributed by atoms with van der Waals surface area (Å²) < 4.78 is 27.9. The average molecular weight is 298 g/mol. The second-order valence-electron chi connectivity index (χ2n) is 5.76. The lowest BCUT2D eigenvalue weighted by atomic mass is 9.79. The maximum absolute atomic E-state index is 14.3. The molecule has 0 heterocycles. The van der Waals surface area contributed by atoms with Gasteiger partial charge in [-0.15, -0.1) is 0 Å². The summed E-state index contributed by atoms with van der Waals surface area (Å²) in [6.45, 7) is 7.04. The molecule has 0 aromatic heterocycles. The summed E-state index contributed by atoms with van der Waals surface area (Å²) in [5.74, 6) is -0.743. The third-order valence-corrected chi connectivity index (χ3v) is 4.52. The largest absolute Gasteiger partial charge is 0.308 e. The van der Waals surface area contributed by atoms with Crippen LogP contribution >= 0.6 is 0 Å². The second-order valence-corrected chi connectivity index (χ2v) is 5.76. The van der Waals surface area contributed by atoms with Gasteiger partial charge in [0, 0.05) is 11.1 Å². The second kappa shape index (κ2) is 7.85. The number of hydrogen-bond donors (Lipinski definition) is 1. The number of nitrogens with one attached hydrogen (secondary N) is 1. The van der Waals surface area contributed by atoms with E-state index in [1.807, 2.05) is 14.1 Å². The molecule has 21 heavy (non-hydrogen) atoms. The van der Waals surface area contributed by atoms with Crippen molar-refractivity contribution >= 4 is 0 Å². The van der Waals surface area contributed by atoms with Crippen LogP contribution in [0, 0.1) is 11.6 Å². The molecular formula is C17H28F2N2. The molecule has 1 aromatic rings. The molecule has 0 fully saturated rings. The molecule has 1 unspecified atom stereocenters. The predicted octanol–water partition coefficient (Wildman–Crippen LogP) is 4.13. The van der Waals surface area contributed by atoms with Crippen molar-refractivity contribution in [3.8, 4) is 0 Å². The molecule has 1 N–H and O–H groups in total.